The topological polar surface area (TPSA) is 9.23 Å². The summed E-state index contributed by atoms with van der Waals surface area (Å²) in [6.45, 7) is 25.9. The van der Waals surface area contributed by atoms with E-state index in [0.29, 0.717) is 0 Å². The summed E-state index contributed by atoms with van der Waals surface area (Å²) in [6, 6.07) is 0. The molecule has 0 fully saturated rings. The van der Waals surface area contributed by atoms with E-state index in [2.05, 4.69) is 61.6 Å². The molecular weight excluding hydrogens is 427 g/mol. The van der Waals surface area contributed by atoms with Gasteiger partial charge in [0.25, 0.3) is 0 Å². The molecule has 0 N–H and O–H groups in total. The molecule has 1 nitrogen and oxygen atoms in total. The summed E-state index contributed by atoms with van der Waals surface area (Å²) >= 11 is -2.38. The van der Waals surface area contributed by atoms with Crippen molar-refractivity contribution >= 4 is 26.7 Å². The Kier molecular flexibility index (Phi) is 11.9. The summed E-state index contributed by atoms with van der Waals surface area (Å²) in [5.41, 5.74) is 0. The van der Waals surface area contributed by atoms with Gasteiger partial charge in [0.2, 0.25) is 0 Å². The van der Waals surface area contributed by atoms with Gasteiger partial charge in [0.1, 0.15) is 0 Å². The molecule has 25 heavy (non-hydrogen) atoms. The zero-order chi connectivity index (χ0) is 19.7. The summed E-state index contributed by atoms with van der Waals surface area (Å²) in [4.78, 5) is 0. The molecule has 0 aromatic rings. The van der Waals surface area contributed by atoms with Crippen LogP contribution in [0.2, 0.25) is 31.4 Å². The third-order valence-corrected chi connectivity index (χ3v) is 27.3. The van der Waals surface area contributed by atoms with Gasteiger partial charge in [0.05, 0.1) is 0 Å². The van der Waals surface area contributed by atoms with Crippen LogP contribution in [0.1, 0.15) is 87.0 Å². The SMILES string of the molecule is C=[C](C(C)O[Si](C)(C)C(C)(C)C)[Sn]([CH2]CCC)([CH2]CCC)[CH2]CCC. The average molecular weight is 475 g/mol. The van der Waals surface area contributed by atoms with E-state index in [1.807, 2.05) is 0 Å². The molecule has 0 radical (unpaired) electrons. The molecule has 0 spiro atoms. The van der Waals surface area contributed by atoms with Crippen molar-refractivity contribution in [2.45, 2.75) is 125 Å². The van der Waals surface area contributed by atoms with E-state index < -0.39 is 26.7 Å². The molecule has 0 aliphatic carbocycles. The summed E-state index contributed by atoms with van der Waals surface area (Å²) in [6.07, 6.45) is 8.42. The molecule has 0 heterocycles. The van der Waals surface area contributed by atoms with Gasteiger partial charge < -0.3 is 0 Å². The fourth-order valence-electron chi connectivity index (χ4n) is 3.52. The Hall–Kier alpha value is 0.716. The van der Waals surface area contributed by atoms with Gasteiger partial charge in [0, 0.05) is 0 Å². The second kappa shape index (κ2) is 11.5. The molecule has 0 aliphatic heterocycles. The van der Waals surface area contributed by atoms with Crippen molar-refractivity contribution in [1.29, 1.82) is 0 Å². The quantitative estimate of drug-likeness (QED) is 0.243. The summed E-state index contributed by atoms with van der Waals surface area (Å²) in [5, 5.41) is 0.274. The third-order valence-electron chi connectivity index (χ3n) is 6.48. The first kappa shape index (κ1) is 25.7. The molecule has 0 saturated heterocycles. The zero-order valence-electron chi connectivity index (χ0n) is 19.1. The van der Waals surface area contributed by atoms with Gasteiger partial charge in [-0.2, -0.15) is 0 Å². The van der Waals surface area contributed by atoms with Crippen molar-refractivity contribution in [2.75, 3.05) is 0 Å². The molecule has 1 unspecified atom stereocenters. The molecule has 0 aromatic heterocycles. The Morgan fingerprint density at radius 3 is 1.56 bits per heavy atom. The monoisotopic (exact) mass is 476 g/mol. The second-order valence-electron chi connectivity index (χ2n) is 9.64. The maximum atomic E-state index is 6.80. The van der Waals surface area contributed by atoms with Crippen molar-refractivity contribution < 1.29 is 4.43 Å². The van der Waals surface area contributed by atoms with Gasteiger partial charge in [-0.3, -0.25) is 0 Å². The molecule has 3 heteroatoms. The number of hydrogen-bond donors (Lipinski definition) is 0. The van der Waals surface area contributed by atoms with E-state index in [9.17, 15) is 0 Å². The average Bonchev–Trinajstić information content (AvgIpc) is 2.52. The van der Waals surface area contributed by atoms with Crippen LogP contribution in [0.3, 0.4) is 0 Å². The van der Waals surface area contributed by atoms with Crippen LogP contribution >= 0.6 is 0 Å². The number of hydrogen-bond acceptors (Lipinski definition) is 1. The normalized spacial score (nSPS) is 14.6. The Morgan fingerprint density at radius 1 is 0.920 bits per heavy atom. The standard InChI is InChI=1S/C10H21OSi.3C4H9.Sn/c1-8-9(2)11-12(6,7)10(3,4)5;3*1-3-4-2;/h9H,1H2,2-7H3;3*1,3-4H2,2H3;. The summed E-state index contributed by atoms with van der Waals surface area (Å²) in [7, 11) is -1.73. The minimum absolute atomic E-state index is 0.266. The first-order valence-corrected chi connectivity index (χ1v) is 21.2. The zero-order valence-corrected chi connectivity index (χ0v) is 22.9. The van der Waals surface area contributed by atoms with Crippen LogP contribution in [0.5, 0.6) is 0 Å². The molecule has 0 saturated carbocycles. The van der Waals surface area contributed by atoms with Gasteiger partial charge in [-0.25, -0.2) is 0 Å². The Balaban J connectivity index is 5.46. The van der Waals surface area contributed by atoms with E-state index in [1.54, 1.807) is 3.59 Å². The van der Waals surface area contributed by atoms with Gasteiger partial charge in [-0.15, -0.1) is 0 Å². The van der Waals surface area contributed by atoms with E-state index in [4.69, 9.17) is 11.0 Å². The van der Waals surface area contributed by atoms with Crippen LogP contribution in [0.25, 0.3) is 0 Å². The van der Waals surface area contributed by atoms with E-state index in [1.165, 1.54) is 51.8 Å². The van der Waals surface area contributed by atoms with Gasteiger partial charge in [-0.05, 0) is 0 Å². The predicted octanol–water partition coefficient (Wildman–Crippen LogP) is 8.34. The predicted molar refractivity (Wildman–Crippen MR) is 122 cm³/mol. The fraction of sp³-hybridized carbons (Fsp3) is 0.909. The van der Waals surface area contributed by atoms with Crippen LogP contribution in [0.15, 0.2) is 10.2 Å². The van der Waals surface area contributed by atoms with Crippen molar-refractivity contribution in [3.05, 3.63) is 10.2 Å². The summed E-state index contributed by atoms with van der Waals surface area (Å²) < 4.78 is 12.9. The number of rotatable bonds is 13. The van der Waals surface area contributed by atoms with Gasteiger partial charge in [-0.1, -0.05) is 0 Å². The molecule has 150 valence electrons. The van der Waals surface area contributed by atoms with Crippen LogP contribution in [0.4, 0.5) is 0 Å². The van der Waals surface area contributed by atoms with Crippen LogP contribution < -0.4 is 0 Å². The summed E-state index contributed by atoms with van der Waals surface area (Å²) in [5.74, 6) is 0. The van der Waals surface area contributed by atoms with Crippen molar-refractivity contribution in [3.63, 3.8) is 0 Å². The number of unbranched alkanes of at least 4 members (excludes halogenated alkanes) is 3. The molecule has 0 rings (SSSR count). The Bertz CT molecular complexity index is 362. The molecule has 0 amide bonds. The second-order valence-corrected chi connectivity index (χ2v) is 27.8. The van der Waals surface area contributed by atoms with E-state index in [-0.39, 0.29) is 11.1 Å². The molecule has 0 aromatic carbocycles. The van der Waals surface area contributed by atoms with Crippen molar-refractivity contribution in [2.24, 2.45) is 0 Å². The van der Waals surface area contributed by atoms with E-state index >= 15 is 0 Å². The molecule has 1 atom stereocenters. The first-order chi connectivity index (χ1) is 11.5. The van der Waals surface area contributed by atoms with Gasteiger partial charge in [0.15, 0.2) is 0 Å². The molecule has 0 bridgehead atoms. The fourth-order valence-corrected chi connectivity index (χ4v) is 21.6. The third kappa shape index (κ3) is 8.09. The van der Waals surface area contributed by atoms with Crippen molar-refractivity contribution in [3.8, 4) is 0 Å². The van der Waals surface area contributed by atoms with Crippen molar-refractivity contribution in [1.82, 2.24) is 0 Å². The van der Waals surface area contributed by atoms with Crippen LogP contribution in [-0.2, 0) is 4.43 Å². The minimum atomic E-state index is -2.38. The van der Waals surface area contributed by atoms with Crippen LogP contribution in [-0.4, -0.2) is 32.8 Å². The van der Waals surface area contributed by atoms with Gasteiger partial charge >= 0.3 is 166 Å². The van der Waals surface area contributed by atoms with Crippen LogP contribution in [0, 0.1) is 0 Å². The maximum absolute atomic E-state index is 6.80. The van der Waals surface area contributed by atoms with E-state index in [0.717, 1.165) is 0 Å². The molecule has 0 aliphatic rings. The molecular formula is C22H48OSiSn. The Labute approximate surface area is 165 Å². The first-order valence-electron chi connectivity index (χ1n) is 10.8. The Morgan fingerprint density at radius 2 is 1.28 bits per heavy atom.